The van der Waals surface area contributed by atoms with Gasteiger partial charge in [-0.25, -0.2) is 9.97 Å². The Labute approximate surface area is 237 Å². The van der Waals surface area contributed by atoms with E-state index in [-0.39, 0.29) is 40.2 Å². The van der Waals surface area contributed by atoms with Crippen LogP contribution < -0.4 is 10.6 Å². The summed E-state index contributed by atoms with van der Waals surface area (Å²) in [7, 11) is 1.77. The second-order valence-electron chi connectivity index (χ2n) is 9.72. The molecule has 4 heterocycles. The van der Waals surface area contributed by atoms with Crippen molar-refractivity contribution >= 4 is 34.7 Å². The number of fused-ring (bicyclic) bond motifs is 1. The standard InChI is InChI=1S/C26H25ClF3N9O2/c1-32-15-25(41)4-8-37(9-5-25)24(40)17-3-2-16(12-19(17)27)35-22-23-34-13-20(39(23)11-7-33-22)18-14-38(10-6-31)36-21(18)26(28,29)30/h2-3,7,11-14,32,41H,4-5,8-10,15H2,1H3,(H,33,35). The summed E-state index contributed by atoms with van der Waals surface area (Å²) in [4.78, 5) is 23.3. The minimum atomic E-state index is -4.74. The number of likely N-dealkylation sites (N-methyl/N-ethyl adjacent to an activating group) is 1. The van der Waals surface area contributed by atoms with Gasteiger partial charge in [0.1, 0.15) is 6.54 Å². The first-order valence-electron chi connectivity index (χ1n) is 12.6. The molecule has 1 saturated heterocycles. The van der Waals surface area contributed by atoms with Crippen LogP contribution in [0.15, 0.2) is 43.0 Å². The molecule has 3 N–H and O–H groups in total. The number of aliphatic hydroxyl groups is 1. The quantitative estimate of drug-likeness (QED) is 0.298. The van der Waals surface area contributed by atoms with Gasteiger partial charge in [-0.1, -0.05) is 11.6 Å². The summed E-state index contributed by atoms with van der Waals surface area (Å²) in [6, 6.07) is 6.56. The number of hydrogen-bond donors (Lipinski definition) is 3. The maximum Gasteiger partial charge on any atom is 0.435 e. The van der Waals surface area contributed by atoms with Crippen molar-refractivity contribution in [3.05, 3.63) is 59.3 Å². The van der Waals surface area contributed by atoms with Gasteiger partial charge in [0.15, 0.2) is 17.2 Å². The average molecular weight is 588 g/mol. The summed E-state index contributed by atoms with van der Waals surface area (Å²) in [6.07, 6.45) is 1.45. The van der Waals surface area contributed by atoms with Gasteiger partial charge in [0.2, 0.25) is 0 Å². The topological polar surface area (TPSA) is 136 Å². The van der Waals surface area contributed by atoms with Crippen molar-refractivity contribution in [1.82, 2.24) is 34.4 Å². The zero-order chi connectivity index (χ0) is 29.4. The van der Waals surface area contributed by atoms with E-state index >= 15 is 0 Å². The number of aromatic nitrogens is 5. The Bertz CT molecular complexity index is 1640. The van der Waals surface area contributed by atoms with Crippen LogP contribution >= 0.6 is 11.6 Å². The first kappa shape index (κ1) is 28.3. The summed E-state index contributed by atoms with van der Waals surface area (Å²) < 4.78 is 43.5. The number of hydrogen-bond acceptors (Lipinski definition) is 8. The molecule has 0 aliphatic carbocycles. The number of nitriles is 1. The largest absolute Gasteiger partial charge is 0.435 e. The molecule has 41 heavy (non-hydrogen) atoms. The van der Waals surface area contributed by atoms with Crippen LogP contribution in [0.2, 0.25) is 5.02 Å². The van der Waals surface area contributed by atoms with Crippen LogP contribution in [0.1, 0.15) is 28.9 Å². The fraction of sp³-hybridized carbons (Fsp3) is 0.346. The molecule has 1 aromatic carbocycles. The van der Waals surface area contributed by atoms with E-state index in [9.17, 15) is 23.1 Å². The number of carbonyl (C=O) groups excluding carboxylic acids is 1. The monoisotopic (exact) mass is 587 g/mol. The minimum absolute atomic E-state index is 0.115. The first-order chi connectivity index (χ1) is 19.5. The number of piperidine rings is 1. The van der Waals surface area contributed by atoms with E-state index in [4.69, 9.17) is 16.9 Å². The number of amides is 1. The number of alkyl halides is 3. The van der Waals surface area contributed by atoms with Gasteiger partial charge in [-0.15, -0.1) is 0 Å². The highest BCUT2D eigenvalue weighted by Gasteiger charge is 2.38. The normalized spacial score (nSPS) is 15.2. The molecule has 0 atom stereocenters. The second-order valence-corrected chi connectivity index (χ2v) is 10.1. The lowest BCUT2D eigenvalue weighted by molar-refractivity contribution is -0.141. The molecule has 3 aromatic heterocycles. The molecule has 4 aromatic rings. The third-order valence-electron chi connectivity index (χ3n) is 6.92. The van der Waals surface area contributed by atoms with Gasteiger partial charge in [-0.2, -0.15) is 23.5 Å². The highest BCUT2D eigenvalue weighted by molar-refractivity contribution is 6.34. The van der Waals surface area contributed by atoms with Gasteiger partial charge >= 0.3 is 6.18 Å². The van der Waals surface area contributed by atoms with Crippen molar-refractivity contribution in [2.45, 2.75) is 31.2 Å². The van der Waals surface area contributed by atoms with Crippen LogP contribution in [0.5, 0.6) is 0 Å². The van der Waals surface area contributed by atoms with Gasteiger partial charge in [0.05, 0.1) is 39.7 Å². The maximum absolute atomic E-state index is 13.7. The maximum atomic E-state index is 13.7. The number of carbonyl (C=O) groups is 1. The Morgan fingerprint density at radius 3 is 2.68 bits per heavy atom. The number of nitrogens with zero attached hydrogens (tertiary/aromatic N) is 7. The minimum Gasteiger partial charge on any atom is -0.388 e. The van der Waals surface area contributed by atoms with Crippen LogP contribution in [0.4, 0.5) is 24.7 Å². The van der Waals surface area contributed by atoms with Crippen LogP contribution in [0, 0.1) is 11.3 Å². The van der Waals surface area contributed by atoms with Gasteiger partial charge in [0, 0.05) is 43.9 Å². The number of anilines is 2. The molecule has 1 aliphatic rings. The molecule has 1 aliphatic heterocycles. The highest BCUT2D eigenvalue weighted by atomic mass is 35.5. The van der Waals surface area contributed by atoms with Crippen molar-refractivity contribution < 1.29 is 23.1 Å². The summed E-state index contributed by atoms with van der Waals surface area (Å²) in [5, 5.41) is 29.3. The molecular weight excluding hydrogens is 563 g/mol. The van der Waals surface area contributed by atoms with Crippen molar-refractivity contribution in [1.29, 1.82) is 5.26 Å². The Kier molecular flexibility index (Phi) is 7.60. The van der Waals surface area contributed by atoms with Crippen molar-refractivity contribution in [2.24, 2.45) is 0 Å². The molecule has 0 saturated carbocycles. The Morgan fingerprint density at radius 2 is 2.02 bits per heavy atom. The van der Waals surface area contributed by atoms with E-state index in [0.717, 1.165) is 10.9 Å². The molecule has 15 heteroatoms. The lowest BCUT2D eigenvalue weighted by Crippen LogP contribution is -2.50. The van der Waals surface area contributed by atoms with Crippen LogP contribution in [0.3, 0.4) is 0 Å². The fourth-order valence-electron chi connectivity index (χ4n) is 4.88. The second kappa shape index (κ2) is 11.0. The van der Waals surface area contributed by atoms with Gasteiger partial charge in [-0.05, 0) is 38.1 Å². The number of nitrogens with one attached hydrogen (secondary N) is 2. The lowest BCUT2D eigenvalue weighted by Gasteiger charge is -2.38. The predicted octanol–water partition coefficient (Wildman–Crippen LogP) is 3.72. The van der Waals surface area contributed by atoms with Crippen molar-refractivity contribution in [3.63, 3.8) is 0 Å². The molecule has 0 spiro atoms. The van der Waals surface area contributed by atoms with E-state index in [1.807, 2.05) is 0 Å². The third kappa shape index (κ3) is 5.69. The Hall–Kier alpha value is -4.19. The first-order valence-corrected chi connectivity index (χ1v) is 13.0. The predicted molar refractivity (Wildman–Crippen MR) is 144 cm³/mol. The highest BCUT2D eigenvalue weighted by Crippen LogP contribution is 2.37. The molecule has 214 valence electrons. The molecule has 0 radical (unpaired) electrons. The van der Waals surface area contributed by atoms with E-state index in [1.54, 1.807) is 36.2 Å². The van der Waals surface area contributed by atoms with E-state index < -0.39 is 17.5 Å². The number of rotatable bonds is 7. The smallest absolute Gasteiger partial charge is 0.388 e. The van der Waals surface area contributed by atoms with Gasteiger partial charge in [0.25, 0.3) is 5.91 Å². The SMILES string of the molecule is CNCC1(O)CCN(C(=O)c2ccc(Nc3nccn4c(-c5cn(CC#N)nc5C(F)(F)F)cnc34)cc2Cl)CC1. The van der Waals surface area contributed by atoms with Gasteiger partial charge < -0.3 is 20.6 Å². The zero-order valence-electron chi connectivity index (χ0n) is 21.8. The van der Waals surface area contributed by atoms with Gasteiger partial charge in [-0.3, -0.25) is 13.9 Å². The zero-order valence-corrected chi connectivity index (χ0v) is 22.5. The number of halogens is 4. The van der Waals surface area contributed by atoms with Crippen LogP contribution in [0.25, 0.3) is 16.9 Å². The van der Waals surface area contributed by atoms with E-state index in [1.165, 1.54) is 23.0 Å². The molecule has 0 unspecified atom stereocenters. The van der Waals surface area contributed by atoms with Crippen LogP contribution in [-0.2, 0) is 12.7 Å². The molecule has 0 bridgehead atoms. The van der Waals surface area contributed by atoms with E-state index in [0.29, 0.717) is 43.7 Å². The van der Waals surface area contributed by atoms with Crippen molar-refractivity contribution in [3.8, 4) is 17.3 Å². The Balaban J connectivity index is 1.38. The Morgan fingerprint density at radius 1 is 1.27 bits per heavy atom. The molecule has 1 amide bonds. The average Bonchev–Trinajstić information content (AvgIpc) is 3.54. The summed E-state index contributed by atoms with van der Waals surface area (Å²) in [5.41, 5.74) is -1.07. The summed E-state index contributed by atoms with van der Waals surface area (Å²) in [5.74, 6) is -0.00434. The van der Waals surface area contributed by atoms with E-state index in [2.05, 4.69) is 25.7 Å². The molecule has 11 nitrogen and oxygen atoms in total. The lowest BCUT2D eigenvalue weighted by atomic mass is 9.91. The number of likely N-dealkylation sites (tertiary alicyclic amines) is 1. The summed E-state index contributed by atoms with van der Waals surface area (Å²) in [6.45, 7) is 0.896. The summed E-state index contributed by atoms with van der Waals surface area (Å²) >= 11 is 6.48. The van der Waals surface area contributed by atoms with Crippen molar-refractivity contribution in [2.75, 3.05) is 32.0 Å². The molecule has 5 rings (SSSR count). The number of benzene rings is 1. The fourth-order valence-corrected chi connectivity index (χ4v) is 5.14. The molecular formula is C26H25ClF3N9O2. The van der Waals surface area contributed by atoms with Crippen LogP contribution in [-0.4, -0.2) is 72.3 Å². The third-order valence-corrected chi connectivity index (χ3v) is 7.23. The number of imidazole rings is 1. The molecule has 1 fully saturated rings.